The van der Waals surface area contributed by atoms with E-state index in [9.17, 15) is 4.79 Å². The number of nitrogens with zero attached hydrogens (tertiary/aromatic N) is 1. The molecule has 0 spiro atoms. The fourth-order valence-corrected chi connectivity index (χ4v) is 3.35. The number of anilines is 1. The number of carbonyl (C=O) groups is 1. The van der Waals surface area contributed by atoms with Gasteiger partial charge in [0.05, 0.1) is 5.41 Å². The second kappa shape index (κ2) is 4.55. The molecular formula is C16H22N2O. The van der Waals surface area contributed by atoms with Gasteiger partial charge in [0.25, 0.3) is 0 Å². The third kappa shape index (κ3) is 2.11. The molecule has 102 valence electrons. The van der Waals surface area contributed by atoms with Crippen molar-refractivity contribution in [3.63, 3.8) is 0 Å². The minimum atomic E-state index is -0.245. The number of amides is 1. The van der Waals surface area contributed by atoms with Gasteiger partial charge in [0.1, 0.15) is 0 Å². The molecule has 1 amide bonds. The lowest BCUT2D eigenvalue weighted by Gasteiger charge is -2.29. The van der Waals surface area contributed by atoms with Gasteiger partial charge in [0.15, 0.2) is 0 Å². The quantitative estimate of drug-likeness (QED) is 0.847. The average molecular weight is 258 g/mol. The Morgan fingerprint density at radius 3 is 2.32 bits per heavy atom. The van der Waals surface area contributed by atoms with E-state index in [1.54, 1.807) is 0 Å². The molecule has 2 N–H and O–H groups in total. The Bertz CT molecular complexity index is 470. The molecule has 0 saturated heterocycles. The van der Waals surface area contributed by atoms with E-state index in [0.29, 0.717) is 11.9 Å². The van der Waals surface area contributed by atoms with Gasteiger partial charge in [-0.15, -0.1) is 0 Å². The lowest BCUT2D eigenvalue weighted by Crippen LogP contribution is -2.42. The molecule has 0 bridgehead atoms. The molecule has 3 rings (SSSR count). The van der Waals surface area contributed by atoms with Crippen LogP contribution in [0.25, 0.3) is 0 Å². The number of nitrogen functional groups attached to an aromatic ring is 1. The van der Waals surface area contributed by atoms with Crippen LogP contribution >= 0.6 is 0 Å². The van der Waals surface area contributed by atoms with E-state index in [1.165, 1.54) is 25.7 Å². The van der Waals surface area contributed by atoms with Gasteiger partial charge in [0, 0.05) is 18.8 Å². The minimum absolute atomic E-state index is 0.245. The molecule has 2 aliphatic carbocycles. The molecular weight excluding hydrogens is 236 g/mol. The van der Waals surface area contributed by atoms with Crippen molar-refractivity contribution in [2.45, 2.75) is 50.0 Å². The molecule has 3 heteroatoms. The predicted octanol–water partition coefficient (Wildman–Crippen LogP) is 2.70. The highest BCUT2D eigenvalue weighted by Gasteiger charge is 2.53. The zero-order valence-electron chi connectivity index (χ0n) is 11.6. The summed E-state index contributed by atoms with van der Waals surface area (Å²) in [5.41, 5.74) is 7.38. The maximum absolute atomic E-state index is 12.8. The summed E-state index contributed by atoms with van der Waals surface area (Å²) >= 11 is 0. The Hall–Kier alpha value is -1.51. The number of rotatable bonds is 3. The smallest absolute Gasteiger partial charge is 0.233 e. The van der Waals surface area contributed by atoms with Gasteiger partial charge < -0.3 is 10.6 Å². The number of nitrogens with two attached hydrogens (primary N) is 1. The summed E-state index contributed by atoms with van der Waals surface area (Å²) in [4.78, 5) is 14.8. The fraction of sp³-hybridized carbons (Fsp3) is 0.562. The predicted molar refractivity (Wildman–Crippen MR) is 76.8 cm³/mol. The van der Waals surface area contributed by atoms with Crippen LogP contribution in [0.1, 0.15) is 44.1 Å². The summed E-state index contributed by atoms with van der Waals surface area (Å²) in [7, 11) is 1.98. The first-order chi connectivity index (χ1) is 9.13. The molecule has 3 nitrogen and oxygen atoms in total. The molecule has 1 aromatic carbocycles. The van der Waals surface area contributed by atoms with Crippen LogP contribution in [-0.2, 0) is 10.2 Å². The van der Waals surface area contributed by atoms with E-state index in [1.807, 2.05) is 36.2 Å². The van der Waals surface area contributed by atoms with Gasteiger partial charge in [-0.2, -0.15) is 0 Å². The lowest BCUT2D eigenvalue weighted by molar-refractivity contribution is -0.134. The van der Waals surface area contributed by atoms with Crippen LogP contribution < -0.4 is 5.73 Å². The first-order valence-corrected chi connectivity index (χ1v) is 7.27. The molecule has 0 radical (unpaired) electrons. The monoisotopic (exact) mass is 258 g/mol. The molecule has 1 aromatic rings. The van der Waals surface area contributed by atoms with Crippen molar-refractivity contribution in [2.75, 3.05) is 12.8 Å². The van der Waals surface area contributed by atoms with Crippen molar-refractivity contribution in [1.82, 2.24) is 4.90 Å². The Morgan fingerprint density at radius 1 is 1.21 bits per heavy atom. The van der Waals surface area contributed by atoms with Crippen molar-refractivity contribution in [2.24, 2.45) is 0 Å². The number of hydrogen-bond donors (Lipinski definition) is 1. The van der Waals surface area contributed by atoms with Crippen LogP contribution in [-0.4, -0.2) is 23.9 Å². The molecule has 19 heavy (non-hydrogen) atoms. The topological polar surface area (TPSA) is 46.3 Å². The van der Waals surface area contributed by atoms with Gasteiger partial charge in [-0.1, -0.05) is 25.0 Å². The minimum Gasteiger partial charge on any atom is -0.399 e. The molecule has 0 aromatic heterocycles. The van der Waals surface area contributed by atoms with Crippen LogP contribution in [0.4, 0.5) is 5.69 Å². The van der Waals surface area contributed by atoms with Crippen molar-refractivity contribution in [3.05, 3.63) is 29.8 Å². The van der Waals surface area contributed by atoms with Crippen LogP contribution in [0.15, 0.2) is 24.3 Å². The van der Waals surface area contributed by atoms with Crippen LogP contribution in [0.2, 0.25) is 0 Å². The maximum Gasteiger partial charge on any atom is 0.233 e. The van der Waals surface area contributed by atoms with E-state index >= 15 is 0 Å². The molecule has 0 unspecified atom stereocenters. The molecule has 0 atom stereocenters. The summed E-state index contributed by atoms with van der Waals surface area (Å²) in [6, 6.07) is 8.29. The lowest BCUT2D eigenvalue weighted by atomic mass is 9.93. The molecule has 2 aliphatic rings. The number of likely N-dealkylation sites (N-methyl/N-ethyl adjacent to an activating group) is 1. The van der Waals surface area contributed by atoms with Gasteiger partial charge in [-0.3, -0.25) is 4.79 Å². The summed E-state index contributed by atoms with van der Waals surface area (Å²) in [6.07, 6.45) is 6.81. The standard InChI is InChI=1S/C16H22N2O/c1-18(14-4-2-3-5-14)15(19)16(10-11-16)12-6-8-13(17)9-7-12/h6-9,14H,2-5,10-11,17H2,1H3. The number of benzene rings is 1. The molecule has 0 aliphatic heterocycles. The highest BCUT2D eigenvalue weighted by molar-refractivity contribution is 5.91. The fourth-order valence-electron chi connectivity index (χ4n) is 3.35. The first-order valence-electron chi connectivity index (χ1n) is 7.27. The van der Waals surface area contributed by atoms with E-state index in [2.05, 4.69) is 0 Å². The van der Waals surface area contributed by atoms with E-state index in [4.69, 9.17) is 5.73 Å². The average Bonchev–Trinajstić information content (AvgIpc) is 3.05. The van der Waals surface area contributed by atoms with Crippen LogP contribution in [0.3, 0.4) is 0 Å². The first kappa shape index (κ1) is 12.5. The van der Waals surface area contributed by atoms with Crippen LogP contribution in [0.5, 0.6) is 0 Å². The van der Waals surface area contributed by atoms with Gasteiger partial charge in [-0.25, -0.2) is 0 Å². The summed E-state index contributed by atoms with van der Waals surface area (Å²) in [6.45, 7) is 0. The van der Waals surface area contributed by atoms with Gasteiger partial charge in [0.2, 0.25) is 5.91 Å². The normalized spacial score (nSPS) is 21.3. The Labute approximate surface area is 114 Å². The Kier molecular flexibility index (Phi) is 3.00. The Balaban J connectivity index is 1.80. The Morgan fingerprint density at radius 2 is 1.79 bits per heavy atom. The largest absolute Gasteiger partial charge is 0.399 e. The van der Waals surface area contributed by atoms with Crippen molar-refractivity contribution >= 4 is 11.6 Å². The number of hydrogen-bond acceptors (Lipinski definition) is 2. The van der Waals surface area contributed by atoms with Gasteiger partial charge >= 0.3 is 0 Å². The summed E-state index contributed by atoms with van der Waals surface area (Å²) < 4.78 is 0. The second-order valence-electron chi connectivity index (χ2n) is 6.06. The number of carbonyl (C=O) groups excluding carboxylic acids is 1. The zero-order valence-corrected chi connectivity index (χ0v) is 11.6. The maximum atomic E-state index is 12.8. The third-order valence-electron chi connectivity index (χ3n) is 4.82. The van der Waals surface area contributed by atoms with Crippen molar-refractivity contribution < 1.29 is 4.79 Å². The summed E-state index contributed by atoms with van der Waals surface area (Å²) in [5.74, 6) is 0.309. The molecule has 2 saturated carbocycles. The highest BCUT2D eigenvalue weighted by atomic mass is 16.2. The van der Waals surface area contributed by atoms with Crippen molar-refractivity contribution in [3.8, 4) is 0 Å². The highest BCUT2D eigenvalue weighted by Crippen LogP contribution is 2.50. The zero-order chi connectivity index (χ0) is 13.5. The van der Waals surface area contributed by atoms with E-state index < -0.39 is 0 Å². The van der Waals surface area contributed by atoms with E-state index in [-0.39, 0.29) is 5.41 Å². The van der Waals surface area contributed by atoms with Crippen LogP contribution in [0, 0.1) is 0 Å². The molecule has 2 fully saturated rings. The SMILES string of the molecule is CN(C(=O)C1(c2ccc(N)cc2)CC1)C1CCCC1. The van der Waals surface area contributed by atoms with Crippen molar-refractivity contribution in [1.29, 1.82) is 0 Å². The summed E-state index contributed by atoms with van der Waals surface area (Å²) in [5, 5.41) is 0. The second-order valence-corrected chi connectivity index (χ2v) is 6.06. The third-order valence-corrected chi connectivity index (χ3v) is 4.82. The molecule has 0 heterocycles. The van der Waals surface area contributed by atoms with E-state index in [0.717, 1.165) is 24.1 Å². The van der Waals surface area contributed by atoms with Gasteiger partial charge in [-0.05, 0) is 43.4 Å².